The number of hydrogen-bond acceptors (Lipinski definition) is 5. The predicted octanol–water partition coefficient (Wildman–Crippen LogP) is 1.15. The first kappa shape index (κ1) is 12.1. The van der Waals surface area contributed by atoms with Crippen LogP contribution in [0.5, 0.6) is 0 Å². The molecule has 0 amide bonds. The van der Waals surface area contributed by atoms with E-state index in [-0.39, 0.29) is 16.9 Å². The first-order valence-corrected chi connectivity index (χ1v) is 5.90. The van der Waals surface area contributed by atoms with Crippen LogP contribution >= 0.6 is 0 Å². The number of benzene rings is 1. The molecule has 1 aromatic rings. The molecule has 0 atom stereocenters. The van der Waals surface area contributed by atoms with Crippen molar-refractivity contribution in [3.8, 4) is 0 Å². The van der Waals surface area contributed by atoms with E-state index in [9.17, 15) is 18.1 Å². The van der Waals surface area contributed by atoms with Gasteiger partial charge in [-0.2, -0.15) is 0 Å². The van der Waals surface area contributed by atoms with Crippen molar-refractivity contribution >= 4 is 27.4 Å². The lowest BCUT2D eigenvalue weighted by atomic mass is 10.2. The Morgan fingerprint density at radius 1 is 1.38 bits per heavy atom. The van der Waals surface area contributed by atoms with E-state index in [2.05, 4.69) is 9.90 Å². The van der Waals surface area contributed by atoms with Crippen molar-refractivity contribution < 1.29 is 18.3 Å². The highest BCUT2D eigenvalue weighted by Crippen LogP contribution is 2.22. The van der Waals surface area contributed by atoms with E-state index in [4.69, 9.17) is 5.11 Å². The van der Waals surface area contributed by atoms with Crippen LogP contribution in [0.4, 0.5) is 11.4 Å². The molecule has 2 N–H and O–H groups in total. The van der Waals surface area contributed by atoms with Gasteiger partial charge in [-0.1, -0.05) is 0 Å². The summed E-state index contributed by atoms with van der Waals surface area (Å²) in [5, 5.41) is 11.3. The third-order valence-electron chi connectivity index (χ3n) is 1.57. The number of nitroso groups, excluding NO2 is 1. The standard InChI is InChI=1S/C8H8N2O5S/c1-16(14,15)10-7-3-5(8(11)12)2-6(4-7)9-13/h2-4,10H,1H3,(H,11,12). The molecule has 7 nitrogen and oxygen atoms in total. The summed E-state index contributed by atoms with van der Waals surface area (Å²) in [6.07, 6.45) is 0.911. The maximum Gasteiger partial charge on any atom is 0.335 e. The van der Waals surface area contributed by atoms with E-state index in [0.29, 0.717) is 0 Å². The Kier molecular flexibility index (Phi) is 3.23. The summed E-state index contributed by atoms with van der Waals surface area (Å²) in [5.41, 5.74) is -0.397. The van der Waals surface area contributed by atoms with Crippen LogP contribution in [0.3, 0.4) is 0 Å². The van der Waals surface area contributed by atoms with E-state index in [1.165, 1.54) is 0 Å². The van der Waals surface area contributed by atoms with E-state index >= 15 is 0 Å². The number of nitrogens with one attached hydrogen (secondary N) is 1. The highest BCUT2D eigenvalue weighted by molar-refractivity contribution is 7.92. The highest BCUT2D eigenvalue weighted by Gasteiger charge is 2.09. The minimum absolute atomic E-state index is 0.0167. The zero-order valence-electron chi connectivity index (χ0n) is 8.17. The van der Waals surface area contributed by atoms with Gasteiger partial charge >= 0.3 is 5.97 Å². The Balaban J connectivity index is 3.24. The van der Waals surface area contributed by atoms with Gasteiger partial charge in [-0.3, -0.25) is 4.72 Å². The minimum atomic E-state index is -3.53. The van der Waals surface area contributed by atoms with Crippen molar-refractivity contribution in [2.75, 3.05) is 11.0 Å². The molecular formula is C8H8N2O5S. The van der Waals surface area contributed by atoms with Crippen LogP contribution in [0.25, 0.3) is 0 Å². The van der Waals surface area contributed by atoms with Crippen molar-refractivity contribution in [2.45, 2.75) is 0 Å². The smallest absolute Gasteiger partial charge is 0.335 e. The second-order valence-corrected chi connectivity index (χ2v) is 4.79. The molecule has 0 aliphatic rings. The number of carboxylic acids is 1. The summed E-state index contributed by atoms with van der Waals surface area (Å²) in [6, 6.07) is 3.28. The molecule has 0 saturated carbocycles. The molecule has 0 aromatic heterocycles. The van der Waals surface area contributed by atoms with Crippen LogP contribution < -0.4 is 4.72 Å². The van der Waals surface area contributed by atoms with Gasteiger partial charge in [0.05, 0.1) is 17.5 Å². The first-order valence-electron chi connectivity index (χ1n) is 4.01. The van der Waals surface area contributed by atoms with Crippen molar-refractivity contribution in [2.24, 2.45) is 5.18 Å². The molecule has 0 unspecified atom stereocenters. The summed E-state index contributed by atoms with van der Waals surface area (Å²) in [6.45, 7) is 0. The zero-order chi connectivity index (χ0) is 12.3. The normalized spacial score (nSPS) is 10.8. The fourth-order valence-electron chi connectivity index (χ4n) is 1.06. The van der Waals surface area contributed by atoms with Gasteiger partial charge < -0.3 is 5.11 Å². The Bertz CT molecular complexity index is 537. The van der Waals surface area contributed by atoms with Gasteiger partial charge in [0, 0.05) is 0 Å². The second-order valence-electron chi connectivity index (χ2n) is 3.04. The topological polar surface area (TPSA) is 113 Å². The first-order chi connectivity index (χ1) is 7.31. The molecule has 8 heteroatoms. The summed E-state index contributed by atoms with van der Waals surface area (Å²) < 4.78 is 23.9. The Morgan fingerprint density at radius 3 is 2.44 bits per heavy atom. The van der Waals surface area contributed by atoms with E-state index in [1.807, 2.05) is 0 Å². The molecule has 1 aromatic carbocycles. The van der Waals surface area contributed by atoms with Crippen molar-refractivity contribution in [3.63, 3.8) is 0 Å². The van der Waals surface area contributed by atoms with Gasteiger partial charge in [0.1, 0.15) is 5.69 Å². The highest BCUT2D eigenvalue weighted by atomic mass is 32.2. The van der Waals surface area contributed by atoms with Crippen LogP contribution in [-0.4, -0.2) is 25.7 Å². The Labute approximate surface area is 91.1 Å². The quantitative estimate of drug-likeness (QED) is 0.771. The molecule has 16 heavy (non-hydrogen) atoms. The van der Waals surface area contributed by atoms with Gasteiger partial charge in [0.25, 0.3) is 0 Å². The number of nitrogens with zero attached hydrogens (tertiary/aromatic N) is 1. The third kappa shape index (κ3) is 3.31. The molecule has 0 radical (unpaired) electrons. The summed E-state index contributed by atoms with van der Waals surface area (Å²) in [5.74, 6) is -1.28. The zero-order valence-corrected chi connectivity index (χ0v) is 8.98. The van der Waals surface area contributed by atoms with Crippen molar-refractivity contribution in [1.29, 1.82) is 0 Å². The number of aromatic carboxylic acids is 1. The molecule has 0 fully saturated rings. The number of carboxylic acid groups (broad SMARTS) is 1. The molecule has 0 aliphatic heterocycles. The SMILES string of the molecule is CS(=O)(=O)Nc1cc(N=O)cc(C(=O)O)c1. The van der Waals surface area contributed by atoms with Gasteiger partial charge in [0.15, 0.2) is 0 Å². The molecule has 0 spiro atoms. The van der Waals surface area contributed by atoms with E-state index in [1.54, 1.807) is 0 Å². The van der Waals surface area contributed by atoms with Crippen LogP contribution in [0, 0.1) is 4.91 Å². The number of sulfonamides is 1. The predicted molar refractivity (Wildman–Crippen MR) is 57.3 cm³/mol. The second kappa shape index (κ2) is 4.27. The van der Waals surface area contributed by atoms with Crippen molar-refractivity contribution in [3.05, 3.63) is 28.7 Å². The fraction of sp³-hybridized carbons (Fsp3) is 0.125. The maximum absolute atomic E-state index is 10.9. The maximum atomic E-state index is 10.9. The molecule has 0 aliphatic carbocycles. The monoisotopic (exact) mass is 244 g/mol. The van der Waals surface area contributed by atoms with Crippen LogP contribution in [-0.2, 0) is 10.0 Å². The van der Waals surface area contributed by atoms with Gasteiger partial charge in [0.2, 0.25) is 10.0 Å². The molecule has 0 heterocycles. The average molecular weight is 244 g/mol. The summed E-state index contributed by atoms with van der Waals surface area (Å²) in [4.78, 5) is 20.9. The largest absolute Gasteiger partial charge is 0.478 e. The average Bonchev–Trinajstić information content (AvgIpc) is 2.14. The molecule has 86 valence electrons. The van der Waals surface area contributed by atoms with Gasteiger partial charge in [-0.15, -0.1) is 4.91 Å². The number of rotatable bonds is 4. The molecular weight excluding hydrogens is 236 g/mol. The third-order valence-corrected chi connectivity index (χ3v) is 2.18. The van der Waals surface area contributed by atoms with Crippen LogP contribution in [0.15, 0.2) is 23.4 Å². The van der Waals surface area contributed by atoms with Crippen molar-refractivity contribution in [1.82, 2.24) is 0 Å². The van der Waals surface area contributed by atoms with Crippen LogP contribution in [0.2, 0.25) is 0 Å². The summed E-state index contributed by atoms with van der Waals surface area (Å²) in [7, 11) is -3.53. The number of hydrogen-bond donors (Lipinski definition) is 2. The van der Waals surface area contributed by atoms with E-state index in [0.717, 1.165) is 24.5 Å². The molecule has 0 saturated heterocycles. The van der Waals surface area contributed by atoms with Gasteiger partial charge in [-0.05, 0) is 23.4 Å². The van der Waals surface area contributed by atoms with Crippen LogP contribution in [0.1, 0.15) is 10.4 Å². The van der Waals surface area contributed by atoms with Gasteiger partial charge in [-0.25, -0.2) is 13.2 Å². The fourth-order valence-corrected chi connectivity index (χ4v) is 1.61. The lowest BCUT2D eigenvalue weighted by molar-refractivity contribution is 0.0697. The molecule has 0 bridgehead atoms. The van der Waals surface area contributed by atoms with E-state index < -0.39 is 16.0 Å². The lowest BCUT2D eigenvalue weighted by Gasteiger charge is -2.05. The Hall–Kier alpha value is -1.96. The lowest BCUT2D eigenvalue weighted by Crippen LogP contribution is -2.10. The minimum Gasteiger partial charge on any atom is -0.478 e. The molecule has 1 rings (SSSR count). The summed E-state index contributed by atoms with van der Waals surface area (Å²) >= 11 is 0. The Morgan fingerprint density at radius 2 is 2.00 bits per heavy atom. The number of anilines is 1. The number of carbonyl (C=O) groups is 1.